The highest BCUT2D eigenvalue weighted by Crippen LogP contribution is 2.44. The Bertz CT molecular complexity index is 1090. The Morgan fingerprint density at radius 2 is 1.77 bits per heavy atom. The summed E-state index contributed by atoms with van der Waals surface area (Å²) in [7, 11) is 1.47. The summed E-state index contributed by atoms with van der Waals surface area (Å²) in [5.41, 5.74) is 1.72. The number of aryl methyl sites for hydroxylation is 2. The van der Waals surface area contributed by atoms with E-state index < -0.39 is 24.1 Å². The molecule has 2 aliphatic heterocycles. The molecule has 1 saturated heterocycles. The second kappa shape index (κ2) is 7.54. The molecule has 0 spiro atoms. The van der Waals surface area contributed by atoms with Crippen LogP contribution in [-0.4, -0.2) is 47.9 Å². The van der Waals surface area contributed by atoms with Gasteiger partial charge < -0.3 is 15.0 Å². The lowest BCUT2D eigenvalue weighted by molar-refractivity contribution is -0.158. The van der Waals surface area contributed by atoms with Gasteiger partial charge in [0.25, 0.3) is 11.8 Å². The lowest BCUT2D eigenvalue weighted by Gasteiger charge is -2.46. The number of nitrogens with zero attached hydrogens (tertiary/aromatic N) is 2. The largest absolute Gasteiger partial charge is 0.452 e. The molecule has 1 N–H and O–H groups in total. The highest BCUT2D eigenvalue weighted by atomic mass is 16.5. The monoisotopic (exact) mass is 421 g/mol. The molecule has 1 fully saturated rings. The molecule has 8 heteroatoms. The van der Waals surface area contributed by atoms with Crippen LogP contribution in [0.2, 0.25) is 0 Å². The van der Waals surface area contributed by atoms with Crippen LogP contribution in [0.5, 0.6) is 0 Å². The smallest absolute Gasteiger partial charge is 0.354 e. The van der Waals surface area contributed by atoms with Gasteiger partial charge in [-0.25, -0.2) is 4.79 Å². The Kier molecular flexibility index (Phi) is 5.00. The van der Waals surface area contributed by atoms with Crippen molar-refractivity contribution in [1.29, 1.82) is 0 Å². The highest BCUT2D eigenvalue weighted by Gasteiger charge is 2.60. The third-order valence-corrected chi connectivity index (χ3v) is 5.71. The van der Waals surface area contributed by atoms with Crippen LogP contribution in [0.4, 0.5) is 11.4 Å². The average Bonchev–Trinajstić information content (AvgIpc) is 3.08. The van der Waals surface area contributed by atoms with Gasteiger partial charge in [-0.2, -0.15) is 0 Å². The van der Waals surface area contributed by atoms with E-state index in [2.05, 4.69) is 5.32 Å². The first-order valence-corrected chi connectivity index (χ1v) is 9.99. The van der Waals surface area contributed by atoms with Crippen LogP contribution in [0, 0.1) is 13.8 Å². The summed E-state index contributed by atoms with van der Waals surface area (Å²) in [4.78, 5) is 53.7. The van der Waals surface area contributed by atoms with Gasteiger partial charge in [0.2, 0.25) is 11.6 Å². The van der Waals surface area contributed by atoms with E-state index in [1.165, 1.54) is 16.8 Å². The predicted molar refractivity (Wildman–Crippen MR) is 113 cm³/mol. The van der Waals surface area contributed by atoms with Crippen LogP contribution in [0.15, 0.2) is 42.5 Å². The Labute approximate surface area is 179 Å². The molecule has 31 heavy (non-hydrogen) atoms. The number of carbonyl (C=O) groups excluding carboxylic acids is 4. The highest BCUT2D eigenvalue weighted by molar-refractivity contribution is 6.15. The van der Waals surface area contributed by atoms with Gasteiger partial charge in [0.15, 0.2) is 6.61 Å². The summed E-state index contributed by atoms with van der Waals surface area (Å²) in [6.07, 6.45) is 0.190. The number of hydrogen-bond acceptors (Lipinski definition) is 5. The maximum absolute atomic E-state index is 13.2. The van der Waals surface area contributed by atoms with E-state index in [9.17, 15) is 19.2 Å². The van der Waals surface area contributed by atoms with Gasteiger partial charge in [-0.1, -0.05) is 18.2 Å². The van der Waals surface area contributed by atoms with Gasteiger partial charge in [0.1, 0.15) is 0 Å². The topological polar surface area (TPSA) is 96.0 Å². The number of hydrogen-bond donors (Lipinski definition) is 1. The molecule has 4 rings (SSSR count). The van der Waals surface area contributed by atoms with Gasteiger partial charge in [-0.3, -0.25) is 19.3 Å². The minimum absolute atomic E-state index is 0.0931. The third-order valence-electron chi connectivity index (χ3n) is 5.71. The van der Waals surface area contributed by atoms with Crippen molar-refractivity contribution in [3.63, 3.8) is 0 Å². The molecule has 0 bridgehead atoms. The van der Waals surface area contributed by atoms with Gasteiger partial charge in [0, 0.05) is 25.6 Å². The zero-order valence-electron chi connectivity index (χ0n) is 17.6. The maximum Gasteiger partial charge on any atom is 0.354 e. The van der Waals surface area contributed by atoms with E-state index in [4.69, 9.17) is 4.74 Å². The number of ether oxygens (including phenoxy) is 1. The second-order valence-corrected chi connectivity index (χ2v) is 7.93. The number of para-hydroxylation sites is 1. The Hall–Kier alpha value is -3.68. The Morgan fingerprint density at radius 1 is 1.10 bits per heavy atom. The standard InChI is InChI=1S/C23H23N3O5/c1-14-10-15(2)12-16(11-14)24-19(27)13-31-22(30)23-9-8-20(28)26(23)18-7-5-4-6-17(18)21(29)25(23)3/h4-7,10-12H,8-9,13H2,1-3H3,(H,24,27)/t23-/m1/s1. The van der Waals surface area contributed by atoms with E-state index in [1.807, 2.05) is 32.0 Å². The summed E-state index contributed by atoms with van der Waals surface area (Å²) in [6.45, 7) is 3.31. The van der Waals surface area contributed by atoms with Crippen molar-refractivity contribution in [3.05, 3.63) is 59.2 Å². The van der Waals surface area contributed by atoms with Crippen LogP contribution in [-0.2, 0) is 19.1 Å². The van der Waals surface area contributed by atoms with Gasteiger partial charge in [-0.15, -0.1) is 0 Å². The summed E-state index contributed by atoms with van der Waals surface area (Å²) < 4.78 is 5.32. The third kappa shape index (κ3) is 3.34. The lowest BCUT2D eigenvalue weighted by atomic mass is 9.97. The number of likely N-dealkylation sites (N-methyl/N-ethyl adjacent to an activating group) is 1. The molecule has 2 aromatic carbocycles. The van der Waals surface area contributed by atoms with Crippen molar-refractivity contribution in [3.8, 4) is 0 Å². The van der Waals surface area contributed by atoms with Crippen LogP contribution in [0.1, 0.15) is 34.3 Å². The minimum Gasteiger partial charge on any atom is -0.452 e. The first kappa shape index (κ1) is 20.6. The summed E-state index contributed by atoms with van der Waals surface area (Å²) in [5, 5.41) is 2.71. The van der Waals surface area contributed by atoms with Crippen LogP contribution in [0.3, 0.4) is 0 Å². The molecule has 1 atom stereocenters. The molecular formula is C23H23N3O5. The quantitative estimate of drug-likeness (QED) is 0.765. The van der Waals surface area contributed by atoms with E-state index in [0.29, 0.717) is 16.9 Å². The summed E-state index contributed by atoms with van der Waals surface area (Å²) in [5.74, 6) is -1.96. The van der Waals surface area contributed by atoms with E-state index in [-0.39, 0.29) is 24.7 Å². The van der Waals surface area contributed by atoms with E-state index >= 15 is 0 Å². The molecule has 2 aliphatic rings. The fraction of sp³-hybridized carbons (Fsp3) is 0.304. The Morgan fingerprint density at radius 3 is 2.48 bits per heavy atom. The van der Waals surface area contributed by atoms with Crippen LogP contribution in [0.25, 0.3) is 0 Å². The molecule has 0 radical (unpaired) electrons. The summed E-state index contributed by atoms with van der Waals surface area (Å²) in [6, 6.07) is 12.3. The number of amides is 3. The first-order chi connectivity index (χ1) is 14.7. The molecule has 0 saturated carbocycles. The summed E-state index contributed by atoms with van der Waals surface area (Å²) >= 11 is 0. The molecule has 160 valence electrons. The average molecular weight is 421 g/mol. The molecular weight excluding hydrogens is 398 g/mol. The SMILES string of the molecule is Cc1cc(C)cc(NC(=O)COC(=O)[C@@]23CCC(=O)N2c2ccccc2C(=O)N3C)c1. The van der Waals surface area contributed by atoms with Crippen molar-refractivity contribution in [2.45, 2.75) is 32.4 Å². The fourth-order valence-corrected chi connectivity index (χ4v) is 4.38. The van der Waals surface area contributed by atoms with Gasteiger partial charge in [-0.05, 0) is 49.2 Å². The van der Waals surface area contributed by atoms with Crippen molar-refractivity contribution < 1.29 is 23.9 Å². The van der Waals surface area contributed by atoms with E-state index in [0.717, 1.165) is 11.1 Å². The van der Waals surface area contributed by atoms with Gasteiger partial charge in [0.05, 0.1) is 11.3 Å². The number of anilines is 2. The number of benzene rings is 2. The van der Waals surface area contributed by atoms with Crippen molar-refractivity contribution in [2.24, 2.45) is 0 Å². The fourth-order valence-electron chi connectivity index (χ4n) is 4.38. The van der Waals surface area contributed by atoms with Crippen molar-refractivity contribution in [1.82, 2.24) is 4.90 Å². The molecule has 3 amide bonds. The molecule has 0 aliphatic carbocycles. The van der Waals surface area contributed by atoms with Crippen LogP contribution < -0.4 is 10.2 Å². The van der Waals surface area contributed by atoms with Crippen molar-refractivity contribution in [2.75, 3.05) is 23.9 Å². The normalized spacial score (nSPS) is 19.7. The molecule has 0 aromatic heterocycles. The van der Waals surface area contributed by atoms with Crippen molar-refractivity contribution >= 4 is 35.1 Å². The number of fused-ring (bicyclic) bond motifs is 3. The first-order valence-electron chi connectivity index (χ1n) is 9.99. The van der Waals surface area contributed by atoms with Gasteiger partial charge >= 0.3 is 5.97 Å². The number of carbonyl (C=O) groups is 4. The number of nitrogens with one attached hydrogen (secondary N) is 1. The second-order valence-electron chi connectivity index (χ2n) is 7.93. The number of rotatable bonds is 4. The molecule has 8 nitrogen and oxygen atoms in total. The maximum atomic E-state index is 13.2. The zero-order valence-corrected chi connectivity index (χ0v) is 17.6. The molecule has 2 aromatic rings. The zero-order chi connectivity index (χ0) is 22.3. The Balaban J connectivity index is 1.55. The molecule has 2 heterocycles. The van der Waals surface area contributed by atoms with E-state index in [1.54, 1.807) is 24.3 Å². The molecule has 0 unspecified atom stereocenters. The lowest BCUT2D eigenvalue weighted by Crippen LogP contribution is -2.67. The minimum atomic E-state index is -1.59. The predicted octanol–water partition coefficient (Wildman–Crippen LogP) is 2.39. The number of esters is 1. The van der Waals surface area contributed by atoms with Crippen LogP contribution >= 0.6 is 0 Å².